The third-order valence-corrected chi connectivity index (χ3v) is 4.10. The molecule has 0 fully saturated rings. The maximum absolute atomic E-state index is 13.8. The Morgan fingerprint density at radius 3 is 2.87 bits per heavy atom. The van der Waals surface area contributed by atoms with Gasteiger partial charge in [0.1, 0.15) is 22.1 Å². The molecule has 1 atom stereocenters. The van der Waals surface area contributed by atoms with Crippen molar-refractivity contribution in [3.8, 4) is 0 Å². The molecule has 8 heteroatoms. The monoisotopic (exact) mass is 342 g/mol. The molecule has 0 aliphatic carbocycles. The summed E-state index contributed by atoms with van der Waals surface area (Å²) >= 11 is 1.14. The van der Waals surface area contributed by atoms with Gasteiger partial charge in [-0.1, -0.05) is 6.07 Å². The van der Waals surface area contributed by atoms with Gasteiger partial charge >= 0.3 is 0 Å². The van der Waals surface area contributed by atoms with Gasteiger partial charge in [0, 0.05) is 18.7 Å². The summed E-state index contributed by atoms with van der Waals surface area (Å²) in [5, 5.41) is 12.9. The molecule has 2 N–H and O–H groups in total. The number of benzene rings is 1. The predicted octanol–water partition coefficient (Wildman–Crippen LogP) is 2.21. The minimum absolute atomic E-state index is 0.0966. The highest BCUT2D eigenvalue weighted by atomic mass is 32.1. The fourth-order valence-corrected chi connectivity index (χ4v) is 2.76. The zero-order valence-corrected chi connectivity index (χ0v) is 13.4. The minimum Gasteiger partial charge on any atom is -0.383 e. The third kappa shape index (κ3) is 4.10. The van der Waals surface area contributed by atoms with Crippen LogP contribution in [-0.2, 0) is 16.9 Å². The summed E-state index contributed by atoms with van der Waals surface area (Å²) in [5.74, 6) is -2.05. The van der Waals surface area contributed by atoms with Crippen LogP contribution < -0.4 is 5.32 Å². The van der Waals surface area contributed by atoms with Crippen LogP contribution in [0.5, 0.6) is 0 Å². The third-order valence-electron chi connectivity index (χ3n) is 3.23. The fraction of sp³-hybridized carbons (Fsp3) is 0.333. The summed E-state index contributed by atoms with van der Waals surface area (Å²) in [5.41, 5.74) is 0.226. The predicted molar refractivity (Wildman–Crippen MR) is 81.1 cm³/mol. The number of halogens is 2. The van der Waals surface area contributed by atoms with E-state index in [1.165, 1.54) is 19.5 Å². The highest BCUT2D eigenvalue weighted by molar-refractivity contribution is 7.11. The zero-order valence-electron chi connectivity index (χ0n) is 12.6. The second-order valence-electron chi connectivity index (χ2n) is 5.14. The molecule has 1 amide bonds. The average Bonchev–Trinajstić information content (AvgIpc) is 2.93. The van der Waals surface area contributed by atoms with Crippen molar-refractivity contribution in [1.82, 2.24) is 10.3 Å². The van der Waals surface area contributed by atoms with Crippen molar-refractivity contribution in [2.24, 2.45) is 0 Å². The Balaban J connectivity index is 2.09. The van der Waals surface area contributed by atoms with Gasteiger partial charge in [0.05, 0.1) is 24.4 Å². The number of methoxy groups -OCH3 is 1. The molecule has 0 saturated carbocycles. The molecule has 0 radical (unpaired) electrons. The Bertz CT molecular complexity index is 704. The maximum Gasteiger partial charge on any atom is 0.263 e. The molecule has 0 bridgehead atoms. The molecule has 0 aliphatic rings. The van der Waals surface area contributed by atoms with Crippen LogP contribution in [0.3, 0.4) is 0 Å². The molecule has 0 spiro atoms. The number of rotatable bonds is 6. The Morgan fingerprint density at radius 2 is 2.22 bits per heavy atom. The molecular formula is C15H16F2N2O3S. The van der Waals surface area contributed by atoms with Gasteiger partial charge in [-0.3, -0.25) is 4.79 Å². The van der Waals surface area contributed by atoms with Crippen LogP contribution in [0.15, 0.2) is 23.7 Å². The van der Waals surface area contributed by atoms with Crippen LogP contribution in [0.2, 0.25) is 0 Å². The van der Waals surface area contributed by atoms with Crippen LogP contribution in [0.4, 0.5) is 8.78 Å². The molecule has 1 unspecified atom stereocenters. The molecule has 23 heavy (non-hydrogen) atoms. The molecule has 124 valence electrons. The summed E-state index contributed by atoms with van der Waals surface area (Å²) in [6, 6.07) is 2.89. The summed E-state index contributed by atoms with van der Waals surface area (Å²) in [6.45, 7) is 1.29. The maximum atomic E-state index is 13.8. The van der Waals surface area contributed by atoms with Crippen LogP contribution in [-0.4, -0.2) is 29.7 Å². The lowest BCUT2D eigenvalue weighted by Crippen LogP contribution is -2.39. The van der Waals surface area contributed by atoms with E-state index in [-0.39, 0.29) is 18.7 Å². The first kappa shape index (κ1) is 17.5. The van der Waals surface area contributed by atoms with Gasteiger partial charge in [-0.15, -0.1) is 11.3 Å². The van der Waals surface area contributed by atoms with E-state index in [1.54, 1.807) is 0 Å². The average molecular weight is 342 g/mol. The summed E-state index contributed by atoms with van der Waals surface area (Å²) in [4.78, 5) is 16.5. The van der Waals surface area contributed by atoms with Crippen molar-refractivity contribution in [2.75, 3.05) is 13.7 Å². The minimum atomic E-state index is -1.68. The standard InChI is InChI=1S/C15H16F2N2O3S/c1-15(21,10-4-3-9(16)5-11(10)17)7-18-14(20)13-12(6-22-2)19-8-23-13/h3-5,8,21H,6-7H2,1-2H3,(H,18,20). The Morgan fingerprint density at radius 1 is 1.48 bits per heavy atom. The van der Waals surface area contributed by atoms with Crippen molar-refractivity contribution >= 4 is 17.2 Å². The number of aliphatic hydroxyl groups is 1. The molecule has 1 aromatic carbocycles. The molecule has 2 aromatic rings. The van der Waals surface area contributed by atoms with Crippen molar-refractivity contribution in [3.63, 3.8) is 0 Å². The number of hydrogen-bond donors (Lipinski definition) is 2. The molecule has 0 aliphatic heterocycles. The largest absolute Gasteiger partial charge is 0.383 e. The van der Waals surface area contributed by atoms with E-state index in [9.17, 15) is 18.7 Å². The number of hydrogen-bond acceptors (Lipinski definition) is 5. The van der Waals surface area contributed by atoms with Gasteiger partial charge in [-0.2, -0.15) is 0 Å². The Labute approximate surface area is 135 Å². The van der Waals surface area contributed by atoms with Crippen molar-refractivity contribution < 1.29 is 23.4 Å². The number of aromatic nitrogens is 1. The molecular weight excluding hydrogens is 326 g/mol. The zero-order chi connectivity index (χ0) is 17.0. The smallest absolute Gasteiger partial charge is 0.263 e. The fourth-order valence-electron chi connectivity index (χ4n) is 2.05. The van der Waals surface area contributed by atoms with E-state index in [2.05, 4.69) is 10.3 Å². The normalized spacial score (nSPS) is 13.6. The number of nitrogens with one attached hydrogen (secondary N) is 1. The number of carbonyl (C=O) groups is 1. The lowest BCUT2D eigenvalue weighted by Gasteiger charge is -2.24. The summed E-state index contributed by atoms with van der Waals surface area (Å²) in [7, 11) is 1.49. The van der Waals surface area contributed by atoms with Gasteiger partial charge in [-0.25, -0.2) is 13.8 Å². The Hall–Kier alpha value is -1.90. The molecule has 2 rings (SSSR count). The van der Waals surface area contributed by atoms with E-state index in [1.807, 2.05) is 0 Å². The van der Waals surface area contributed by atoms with Gasteiger partial charge in [-0.05, 0) is 13.0 Å². The van der Waals surface area contributed by atoms with E-state index in [0.717, 1.165) is 23.5 Å². The van der Waals surface area contributed by atoms with E-state index in [0.29, 0.717) is 16.6 Å². The molecule has 5 nitrogen and oxygen atoms in total. The Kier molecular flexibility index (Phi) is 5.40. The van der Waals surface area contributed by atoms with Crippen LogP contribution >= 0.6 is 11.3 Å². The molecule has 0 saturated heterocycles. The van der Waals surface area contributed by atoms with Crippen molar-refractivity contribution in [3.05, 3.63) is 51.5 Å². The number of ether oxygens (including phenoxy) is 1. The van der Waals surface area contributed by atoms with Gasteiger partial charge in [0.15, 0.2) is 0 Å². The highest BCUT2D eigenvalue weighted by Crippen LogP contribution is 2.24. The summed E-state index contributed by atoms with van der Waals surface area (Å²) in [6.07, 6.45) is 0. The summed E-state index contributed by atoms with van der Waals surface area (Å²) < 4.78 is 31.7. The van der Waals surface area contributed by atoms with E-state index >= 15 is 0 Å². The molecule has 1 aromatic heterocycles. The second kappa shape index (κ2) is 7.12. The quantitative estimate of drug-likeness (QED) is 0.844. The first-order valence-electron chi connectivity index (χ1n) is 6.72. The lowest BCUT2D eigenvalue weighted by atomic mass is 9.95. The first-order valence-corrected chi connectivity index (χ1v) is 7.60. The van der Waals surface area contributed by atoms with E-state index < -0.39 is 23.1 Å². The number of carbonyl (C=O) groups excluding carboxylic acids is 1. The lowest BCUT2D eigenvalue weighted by molar-refractivity contribution is 0.0494. The number of amides is 1. The second-order valence-corrected chi connectivity index (χ2v) is 6.00. The first-order chi connectivity index (χ1) is 10.8. The highest BCUT2D eigenvalue weighted by Gasteiger charge is 2.28. The van der Waals surface area contributed by atoms with Crippen LogP contribution in [0, 0.1) is 11.6 Å². The van der Waals surface area contributed by atoms with E-state index in [4.69, 9.17) is 4.74 Å². The van der Waals surface area contributed by atoms with Gasteiger partial charge < -0.3 is 15.2 Å². The van der Waals surface area contributed by atoms with Crippen LogP contribution in [0.1, 0.15) is 27.9 Å². The van der Waals surface area contributed by atoms with Crippen molar-refractivity contribution in [2.45, 2.75) is 19.1 Å². The van der Waals surface area contributed by atoms with Crippen LogP contribution in [0.25, 0.3) is 0 Å². The van der Waals surface area contributed by atoms with Gasteiger partial charge in [0.25, 0.3) is 5.91 Å². The van der Waals surface area contributed by atoms with Gasteiger partial charge in [0.2, 0.25) is 0 Å². The number of thiazole rings is 1. The number of nitrogens with zero attached hydrogens (tertiary/aromatic N) is 1. The molecule has 1 heterocycles. The topological polar surface area (TPSA) is 71.5 Å². The van der Waals surface area contributed by atoms with Crippen molar-refractivity contribution in [1.29, 1.82) is 0 Å². The SMILES string of the molecule is COCc1ncsc1C(=O)NCC(C)(O)c1ccc(F)cc1F.